The minimum absolute atomic E-state index is 0.0179. The Kier molecular flexibility index (Phi) is 5.99. The zero-order chi connectivity index (χ0) is 16.0. The van der Waals surface area contributed by atoms with Crippen molar-refractivity contribution in [3.63, 3.8) is 0 Å². The number of carboxylic acids is 1. The lowest BCUT2D eigenvalue weighted by Gasteiger charge is -2.41. The van der Waals surface area contributed by atoms with Gasteiger partial charge in [-0.1, -0.05) is 6.42 Å². The van der Waals surface area contributed by atoms with E-state index in [1.54, 1.807) is 7.05 Å². The minimum atomic E-state index is -0.839. The van der Waals surface area contributed by atoms with Crippen LogP contribution in [0.1, 0.15) is 39.5 Å². The van der Waals surface area contributed by atoms with Crippen LogP contribution in [0.15, 0.2) is 0 Å². The van der Waals surface area contributed by atoms with Crippen molar-refractivity contribution in [2.24, 2.45) is 5.41 Å². The largest absolute Gasteiger partial charge is 0.481 e. The minimum Gasteiger partial charge on any atom is -0.481 e. The first-order valence-electron chi connectivity index (χ1n) is 7.24. The normalized spacial score (nSPS) is 16.0. The molecule has 1 fully saturated rings. The molecule has 7 heteroatoms. The zero-order valence-electron chi connectivity index (χ0n) is 12.9. The number of carbonyl (C=O) groups excluding carboxylic acids is 2. The lowest BCUT2D eigenvalue weighted by atomic mass is 9.66. The van der Waals surface area contributed by atoms with E-state index in [0.29, 0.717) is 6.54 Å². The molecule has 0 saturated heterocycles. The van der Waals surface area contributed by atoms with Crippen LogP contribution >= 0.6 is 0 Å². The van der Waals surface area contributed by atoms with Gasteiger partial charge in [-0.05, 0) is 32.1 Å². The van der Waals surface area contributed by atoms with Gasteiger partial charge in [0.05, 0.1) is 6.42 Å². The smallest absolute Gasteiger partial charge is 0.317 e. The molecular formula is C14H25N3O4. The number of nitrogens with zero attached hydrogens (tertiary/aromatic N) is 1. The van der Waals surface area contributed by atoms with Crippen LogP contribution in [0.2, 0.25) is 0 Å². The number of urea groups is 1. The van der Waals surface area contributed by atoms with Gasteiger partial charge in [0.15, 0.2) is 0 Å². The van der Waals surface area contributed by atoms with Gasteiger partial charge in [0, 0.05) is 19.6 Å². The predicted molar refractivity (Wildman–Crippen MR) is 77.8 cm³/mol. The van der Waals surface area contributed by atoms with Crippen molar-refractivity contribution in [2.75, 3.05) is 20.1 Å². The van der Waals surface area contributed by atoms with Gasteiger partial charge in [0.2, 0.25) is 5.91 Å². The van der Waals surface area contributed by atoms with Gasteiger partial charge in [-0.15, -0.1) is 0 Å². The van der Waals surface area contributed by atoms with Gasteiger partial charge in [-0.3, -0.25) is 9.59 Å². The quantitative estimate of drug-likeness (QED) is 0.647. The fourth-order valence-electron chi connectivity index (χ4n) is 2.47. The average molecular weight is 299 g/mol. The summed E-state index contributed by atoms with van der Waals surface area (Å²) >= 11 is 0. The maximum absolute atomic E-state index is 11.9. The number of amides is 3. The number of carboxylic acid groups (broad SMARTS) is 1. The molecule has 7 nitrogen and oxygen atoms in total. The highest BCUT2D eigenvalue weighted by molar-refractivity contribution is 5.84. The number of hydrogen-bond acceptors (Lipinski definition) is 3. The highest BCUT2D eigenvalue weighted by Gasteiger charge is 2.39. The summed E-state index contributed by atoms with van der Waals surface area (Å²) in [5.74, 6) is -1.06. The number of rotatable bonds is 7. The van der Waals surface area contributed by atoms with Gasteiger partial charge in [0.1, 0.15) is 6.54 Å². The molecule has 0 heterocycles. The Labute approximate surface area is 125 Å². The molecule has 0 radical (unpaired) electrons. The van der Waals surface area contributed by atoms with Crippen LogP contribution in [0, 0.1) is 5.41 Å². The average Bonchev–Trinajstić information content (AvgIpc) is 2.30. The van der Waals surface area contributed by atoms with Crippen molar-refractivity contribution in [3.8, 4) is 0 Å². The summed E-state index contributed by atoms with van der Waals surface area (Å²) in [6, 6.07) is -0.326. The Bertz CT molecular complexity index is 405. The standard InChI is InChI=1S/C14H25N3O4/c1-10(2)16-11(18)8-17(3)13(21)15-9-14(5-4-6-14)7-12(19)20/h10H,4-9H2,1-3H3,(H,15,21)(H,16,18)(H,19,20). The van der Waals surface area contributed by atoms with Gasteiger partial charge < -0.3 is 20.6 Å². The van der Waals surface area contributed by atoms with Crippen molar-refractivity contribution < 1.29 is 19.5 Å². The Balaban J connectivity index is 2.38. The fraction of sp³-hybridized carbons (Fsp3) is 0.786. The molecule has 0 aromatic carbocycles. The van der Waals surface area contributed by atoms with Crippen LogP contribution in [-0.2, 0) is 9.59 Å². The van der Waals surface area contributed by atoms with Crippen molar-refractivity contribution in [2.45, 2.75) is 45.6 Å². The van der Waals surface area contributed by atoms with Gasteiger partial charge in [-0.25, -0.2) is 4.79 Å². The summed E-state index contributed by atoms with van der Waals surface area (Å²) in [4.78, 5) is 35.7. The summed E-state index contributed by atoms with van der Waals surface area (Å²) in [5.41, 5.74) is -0.317. The molecule has 0 atom stereocenters. The van der Waals surface area contributed by atoms with Crippen LogP contribution in [0.25, 0.3) is 0 Å². The summed E-state index contributed by atoms with van der Waals surface area (Å²) in [6.07, 6.45) is 2.70. The predicted octanol–water partition coefficient (Wildman–Crippen LogP) is 0.797. The Morgan fingerprint density at radius 3 is 2.33 bits per heavy atom. The third kappa shape index (κ3) is 5.61. The summed E-state index contributed by atoms with van der Waals surface area (Å²) in [5, 5.41) is 14.4. The highest BCUT2D eigenvalue weighted by Crippen LogP contribution is 2.43. The molecule has 3 amide bonds. The topological polar surface area (TPSA) is 98.7 Å². The SMILES string of the molecule is CC(C)NC(=O)CN(C)C(=O)NCC1(CC(=O)O)CCC1. The number of likely N-dealkylation sites (N-methyl/N-ethyl adjacent to an activating group) is 1. The van der Waals surface area contributed by atoms with E-state index in [4.69, 9.17) is 5.11 Å². The van der Waals surface area contributed by atoms with Gasteiger partial charge in [-0.2, -0.15) is 0 Å². The molecule has 1 aliphatic carbocycles. The van der Waals surface area contributed by atoms with Crippen molar-refractivity contribution in [1.82, 2.24) is 15.5 Å². The van der Waals surface area contributed by atoms with E-state index in [-0.39, 0.29) is 36.4 Å². The summed E-state index contributed by atoms with van der Waals surface area (Å²) < 4.78 is 0. The molecule has 1 aliphatic rings. The molecule has 0 aromatic heterocycles. The van der Waals surface area contributed by atoms with Crippen LogP contribution in [-0.4, -0.2) is 54.1 Å². The molecule has 1 rings (SSSR count). The molecule has 0 aromatic rings. The van der Waals surface area contributed by atoms with E-state index >= 15 is 0 Å². The highest BCUT2D eigenvalue weighted by atomic mass is 16.4. The van der Waals surface area contributed by atoms with E-state index in [9.17, 15) is 14.4 Å². The van der Waals surface area contributed by atoms with E-state index in [1.807, 2.05) is 13.8 Å². The number of nitrogens with one attached hydrogen (secondary N) is 2. The fourth-order valence-corrected chi connectivity index (χ4v) is 2.47. The molecule has 0 aliphatic heterocycles. The molecule has 120 valence electrons. The van der Waals surface area contributed by atoms with Crippen LogP contribution in [0.3, 0.4) is 0 Å². The maximum Gasteiger partial charge on any atom is 0.317 e. The summed E-state index contributed by atoms with van der Waals surface area (Å²) in [7, 11) is 1.54. The molecule has 21 heavy (non-hydrogen) atoms. The second-order valence-corrected chi connectivity index (χ2v) is 6.16. The second-order valence-electron chi connectivity index (χ2n) is 6.16. The van der Waals surface area contributed by atoms with Crippen molar-refractivity contribution in [3.05, 3.63) is 0 Å². The van der Waals surface area contributed by atoms with Crippen LogP contribution < -0.4 is 10.6 Å². The lowest BCUT2D eigenvalue weighted by Crippen LogP contribution is -2.49. The Morgan fingerprint density at radius 1 is 1.29 bits per heavy atom. The van der Waals surface area contributed by atoms with Gasteiger partial charge in [0.25, 0.3) is 0 Å². The zero-order valence-corrected chi connectivity index (χ0v) is 12.9. The van der Waals surface area contributed by atoms with Gasteiger partial charge >= 0.3 is 12.0 Å². The Morgan fingerprint density at radius 2 is 1.90 bits per heavy atom. The lowest BCUT2D eigenvalue weighted by molar-refractivity contribution is -0.141. The van der Waals surface area contributed by atoms with Crippen LogP contribution in [0.4, 0.5) is 4.79 Å². The monoisotopic (exact) mass is 299 g/mol. The number of carbonyl (C=O) groups is 3. The molecule has 3 N–H and O–H groups in total. The third-order valence-electron chi connectivity index (χ3n) is 3.73. The molecule has 1 saturated carbocycles. The molecular weight excluding hydrogens is 274 g/mol. The second kappa shape index (κ2) is 7.28. The first-order valence-corrected chi connectivity index (χ1v) is 7.24. The maximum atomic E-state index is 11.9. The van der Waals surface area contributed by atoms with Crippen LogP contribution in [0.5, 0.6) is 0 Å². The van der Waals surface area contributed by atoms with Crippen molar-refractivity contribution >= 4 is 17.9 Å². The number of hydrogen-bond donors (Lipinski definition) is 3. The van der Waals surface area contributed by atoms with Crippen molar-refractivity contribution in [1.29, 1.82) is 0 Å². The number of aliphatic carboxylic acids is 1. The third-order valence-corrected chi connectivity index (χ3v) is 3.73. The summed E-state index contributed by atoms with van der Waals surface area (Å²) in [6.45, 7) is 4.03. The van der Waals surface area contributed by atoms with E-state index in [1.165, 1.54) is 4.90 Å². The molecule has 0 unspecified atom stereocenters. The van der Waals surface area contributed by atoms with E-state index in [2.05, 4.69) is 10.6 Å². The first-order chi connectivity index (χ1) is 9.74. The van der Waals surface area contributed by atoms with E-state index in [0.717, 1.165) is 19.3 Å². The first kappa shape index (κ1) is 17.3. The Hall–Kier alpha value is -1.79. The van der Waals surface area contributed by atoms with E-state index < -0.39 is 5.97 Å². The molecule has 0 bridgehead atoms. The molecule has 0 spiro atoms.